The van der Waals surface area contributed by atoms with Gasteiger partial charge in [0.1, 0.15) is 12.4 Å². The number of hydrogen-bond acceptors (Lipinski definition) is 5. The summed E-state index contributed by atoms with van der Waals surface area (Å²) in [5, 5.41) is 12.2. The van der Waals surface area contributed by atoms with Gasteiger partial charge in [0.15, 0.2) is 0 Å². The van der Waals surface area contributed by atoms with Crippen LogP contribution in [-0.4, -0.2) is 30.4 Å². The number of ether oxygens (including phenoxy) is 1. The number of hydrogen-bond donors (Lipinski definition) is 1. The number of aliphatic carboxylic acids is 1. The van der Waals surface area contributed by atoms with Crippen molar-refractivity contribution < 1.29 is 27.8 Å². The zero-order valence-corrected chi connectivity index (χ0v) is 30.2. The number of thioether (sulfide) groups is 1. The van der Waals surface area contributed by atoms with Crippen LogP contribution in [0.2, 0.25) is 0 Å². The van der Waals surface area contributed by atoms with Gasteiger partial charge in [-0.25, -0.2) is 4.98 Å². The minimum atomic E-state index is -4.45. The molecule has 0 fully saturated rings. The van der Waals surface area contributed by atoms with Crippen LogP contribution in [-0.2, 0) is 30.5 Å². The van der Waals surface area contributed by atoms with Gasteiger partial charge in [-0.2, -0.15) is 13.2 Å². The summed E-state index contributed by atoms with van der Waals surface area (Å²) in [4.78, 5) is 22.2. The van der Waals surface area contributed by atoms with Crippen molar-refractivity contribution in [2.75, 3.05) is 0 Å². The van der Waals surface area contributed by atoms with Gasteiger partial charge in [0, 0.05) is 56.4 Å². The number of carboxylic acids is 1. The van der Waals surface area contributed by atoms with E-state index in [0.29, 0.717) is 30.0 Å². The average Bonchev–Trinajstić information content (AvgIpc) is 3.32. The summed E-state index contributed by atoms with van der Waals surface area (Å²) in [7, 11) is 0. The molecular formula is C41H40F3N3O3S. The molecule has 3 aromatic heterocycles. The Morgan fingerprint density at radius 2 is 1.65 bits per heavy atom. The lowest BCUT2D eigenvalue weighted by molar-refractivity contribution is -0.147. The van der Waals surface area contributed by atoms with E-state index in [1.165, 1.54) is 11.6 Å². The number of nitrogens with zero attached hydrogens (tertiary/aromatic N) is 3. The molecule has 0 bridgehead atoms. The molecule has 0 spiro atoms. The molecule has 0 atom stereocenters. The van der Waals surface area contributed by atoms with E-state index in [1.807, 2.05) is 60.7 Å². The third-order valence-electron chi connectivity index (χ3n) is 8.66. The molecule has 3 heterocycles. The van der Waals surface area contributed by atoms with E-state index in [-0.39, 0.29) is 11.4 Å². The Morgan fingerprint density at radius 1 is 0.902 bits per heavy atom. The summed E-state index contributed by atoms with van der Waals surface area (Å²) >= 11 is 1.70. The largest absolute Gasteiger partial charge is 0.487 e. The third-order valence-corrected chi connectivity index (χ3v) is 9.93. The SMILES string of the molecule is Cc1ccc2nc(COc3ccc4c(c3)c(SC(C)(C)C)c(CC(C)(C)C(=O)O)n4Cc3ccc(-c4ccc(C(F)(F)F)cn4)cc3)ccc2c1. The monoisotopic (exact) mass is 711 g/mol. The number of benzene rings is 3. The van der Waals surface area contributed by atoms with Crippen LogP contribution in [0.5, 0.6) is 5.75 Å². The molecule has 0 aliphatic heterocycles. The highest BCUT2D eigenvalue weighted by Crippen LogP contribution is 2.44. The lowest BCUT2D eigenvalue weighted by atomic mass is 9.88. The summed E-state index contributed by atoms with van der Waals surface area (Å²) in [6.07, 6.45) is -3.32. The number of carbonyl (C=O) groups is 1. The Labute approximate surface area is 299 Å². The van der Waals surface area contributed by atoms with Crippen LogP contribution in [0.1, 0.15) is 62.7 Å². The van der Waals surface area contributed by atoms with Crippen molar-refractivity contribution >= 4 is 39.5 Å². The Balaban J connectivity index is 1.37. The molecule has 0 saturated carbocycles. The van der Waals surface area contributed by atoms with Crippen molar-refractivity contribution in [3.05, 3.63) is 119 Å². The van der Waals surface area contributed by atoms with Gasteiger partial charge in [0.05, 0.1) is 27.9 Å². The number of fused-ring (bicyclic) bond motifs is 2. The number of carboxylic acid groups (broad SMARTS) is 1. The van der Waals surface area contributed by atoms with Gasteiger partial charge in [-0.3, -0.25) is 9.78 Å². The highest BCUT2D eigenvalue weighted by molar-refractivity contribution is 8.00. The summed E-state index contributed by atoms with van der Waals surface area (Å²) < 4.78 is 47.5. The fourth-order valence-electron chi connectivity index (χ4n) is 5.94. The van der Waals surface area contributed by atoms with Crippen molar-refractivity contribution in [1.29, 1.82) is 0 Å². The van der Waals surface area contributed by atoms with Gasteiger partial charge < -0.3 is 14.4 Å². The lowest BCUT2D eigenvalue weighted by Gasteiger charge is -2.24. The van der Waals surface area contributed by atoms with E-state index in [4.69, 9.17) is 9.72 Å². The predicted octanol–water partition coefficient (Wildman–Crippen LogP) is 10.7. The van der Waals surface area contributed by atoms with Crippen LogP contribution in [0, 0.1) is 12.3 Å². The summed E-state index contributed by atoms with van der Waals surface area (Å²) in [6, 6.07) is 26.1. The number of aryl methyl sites for hydroxylation is 1. The number of halogens is 3. The van der Waals surface area contributed by atoms with Gasteiger partial charge in [0.25, 0.3) is 0 Å². The standard InChI is InChI=1S/C41H40F3N3O3S/c1-25-7-16-34-28(19-25)12-14-30(46-34)24-50-31-15-18-35-32(20-31)37(51-39(2,3)4)36(21-40(5,6)38(48)49)47(35)23-26-8-10-27(11-9-26)33-17-13-29(22-45-33)41(42,43)44/h7-20,22H,21,23-24H2,1-6H3,(H,48,49). The maximum absolute atomic E-state index is 13.1. The first-order chi connectivity index (χ1) is 24.0. The quantitative estimate of drug-likeness (QED) is 0.143. The molecule has 0 radical (unpaired) electrons. The van der Waals surface area contributed by atoms with Crippen molar-refractivity contribution in [2.45, 2.75) is 76.9 Å². The fourth-order valence-corrected chi connectivity index (χ4v) is 7.12. The van der Waals surface area contributed by atoms with Crippen LogP contribution >= 0.6 is 11.8 Å². The van der Waals surface area contributed by atoms with E-state index in [1.54, 1.807) is 25.6 Å². The second kappa shape index (κ2) is 13.7. The van der Waals surface area contributed by atoms with E-state index >= 15 is 0 Å². The molecule has 0 amide bonds. The van der Waals surface area contributed by atoms with E-state index < -0.39 is 23.1 Å². The maximum atomic E-state index is 13.1. The first-order valence-corrected chi connectivity index (χ1v) is 17.5. The minimum Gasteiger partial charge on any atom is -0.487 e. The molecule has 3 aromatic carbocycles. The fraction of sp³-hybridized carbons (Fsp3) is 0.293. The van der Waals surface area contributed by atoms with Crippen molar-refractivity contribution in [3.63, 3.8) is 0 Å². The molecule has 0 saturated heterocycles. The normalized spacial score (nSPS) is 12.5. The second-order valence-corrected chi connectivity index (χ2v) is 16.4. The lowest BCUT2D eigenvalue weighted by Crippen LogP contribution is -2.28. The predicted molar refractivity (Wildman–Crippen MR) is 197 cm³/mol. The number of aromatic nitrogens is 3. The van der Waals surface area contributed by atoms with E-state index in [9.17, 15) is 23.1 Å². The molecule has 6 nitrogen and oxygen atoms in total. The van der Waals surface area contributed by atoms with Gasteiger partial charge in [0.2, 0.25) is 0 Å². The molecule has 0 aliphatic rings. The van der Waals surface area contributed by atoms with E-state index in [0.717, 1.165) is 55.9 Å². The molecule has 6 rings (SSSR count). The number of pyridine rings is 2. The zero-order valence-electron chi connectivity index (χ0n) is 29.4. The smallest absolute Gasteiger partial charge is 0.417 e. The Morgan fingerprint density at radius 3 is 2.29 bits per heavy atom. The third kappa shape index (κ3) is 8.22. The van der Waals surface area contributed by atoms with Crippen molar-refractivity contribution in [3.8, 4) is 17.0 Å². The highest BCUT2D eigenvalue weighted by atomic mass is 32.2. The highest BCUT2D eigenvalue weighted by Gasteiger charge is 2.33. The molecule has 10 heteroatoms. The van der Waals surface area contributed by atoms with Crippen LogP contribution in [0.25, 0.3) is 33.1 Å². The number of alkyl halides is 3. The Bertz CT molecular complexity index is 2220. The average molecular weight is 712 g/mol. The van der Waals surface area contributed by atoms with Crippen LogP contribution < -0.4 is 4.74 Å². The molecule has 51 heavy (non-hydrogen) atoms. The molecular weight excluding hydrogens is 672 g/mol. The van der Waals surface area contributed by atoms with E-state index in [2.05, 4.69) is 49.4 Å². The molecule has 6 aromatic rings. The molecule has 264 valence electrons. The van der Waals surface area contributed by atoms with Gasteiger partial charge in [-0.15, -0.1) is 11.8 Å². The zero-order chi connectivity index (χ0) is 36.7. The summed E-state index contributed by atoms with van der Waals surface area (Å²) in [6.45, 7) is 12.7. The summed E-state index contributed by atoms with van der Waals surface area (Å²) in [5.41, 5.74) is 4.99. The first kappa shape index (κ1) is 36.0. The maximum Gasteiger partial charge on any atom is 0.417 e. The van der Waals surface area contributed by atoms with Crippen molar-refractivity contribution in [1.82, 2.24) is 14.5 Å². The van der Waals surface area contributed by atoms with Crippen LogP contribution in [0.15, 0.2) is 96.0 Å². The molecule has 0 aliphatic carbocycles. The summed E-state index contributed by atoms with van der Waals surface area (Å²) in [5.74, 6) is -0.208. The van der Waals surface area contributed by atoms with Crippen molar-refractivity contribution in [2.24, 2.45) is 5.41 Å². The number of rotatable bonds is 10. The Hall–Kier alpha value is -4.83. The topological polar surface area (TPSA) is 77.2 Å². The Kier molecular flexibility index (Phi) is 9.67. The van der Waals surface area contributed by atoms with Crippen LogP contribution in [0.3, 0.4) is 0 Å². The van der Waals surface area contributed by atoms with Crippen LogP contribution in [0.4, 0.5) is 13.2 Å². The molecule has 1 N–H and O–H groups in total. The minimum absolute atomic E-state index is 0.179. The second-order valence-electron chi connectivity index (χ2n) is 14.5. The van der Waals surface area contributed by atoms with Gasteiger partial charge >= 0.3 is 12.1 Å². The van der Waals surface area contributed by atoms with Gasteiger partial charge in [-0.1, -0.05) is 62.7 Å². The first-order valence-electron chi connectivity index (χ1n) is 16.7. The van der Waals surface area contributed by atoms with Gasteiger partial charge in [-0.05, 0) is 74.9 Å². The molecule has 0 unspecified atom stereocenters.